The Bertz CT molecular complexity index is 947. The van der Waals surface area contributed by atoms with E-state index in [2.05, 4.69) is 25.8 Å². The zero-order valence-corrected chi connectivity index (χ0v) is 17.2. The van der Waals surface area contributed by atoms with Gasteiger partial charge in [-0.1, -0.05) is 24.3 Å². The van der Waals surface area contributed by atoms with Crippen LogP contribution in [0.1, 0.15) is 27.3 Å². The first kappa shape index (κ1) is 21.6. The number of carbonyl (C=O) groups is 1. The molecule has 3 N–H and O–H groups in total. The Labute approximate surface area is 180 Å². The molecule has 158 valence electrons. The third-order valence-electron chi connectivity index (χ3n) is 4.62. The van der Waals surface area contributed by atoms with Crippen molar-refractivity contribution in [1.29, 1.82) is 0 Å². The molecule has 1 aliphatic heterocycles. The van der Waals surface area contributed by atoms with E-state index >= 15 is 0 Å². The van der Waals surface area contributed by atoms with Gasteiger partial charge in [-0.05, 0) is 17.7 Å². The van der Waals surface area contributed by atoms with Crippen LogP contribution in [-0.4, -0.2) is 40.8 Å². The second-order valence-corrected chi connectivity index (χ2v) is 6.65. The van der Waals surface area contributed by atoms with Crippen LogP contribution >= 0.6 is 12.4 Å². The number of nitrogens with one attached hydrogen (secondary N) is 3. The Kier molecular flexibility index (Phi) is 7.64. The largest absolute Gasteiger partial charge is 0.490 e. The average Bonchev–Trinajstić information content (AvgIpc) is 3.21. The molecule has 1 amide bonds. The Morgan fingerprint density at radius 1 is 1.10 bits per heavy atom. The molecule has 0 saturated heterocycles. The highest BCUT2D eigenvalue weighted by Crippen LogP contribution is 2.15. The topological polar surface area (TPSA) is 101 Å². The molecule has 1 aliphatic rings. The lowest BCUT2D eigenvalue weighted by molar-refractivity contribution is 0.0944. The summed E-state index contributed by atoms with van der Waals surface area (Å²) in [7, 11) is 0. The Balaban J connectivity index is 0.00000256. The second kappa shape index (κ2) is 10.6. The van der Waals surface area contributed by atoms with Crippen LogP contribution < -0.4 is 20.1 Å². The summed E-state index contributed by atoms with van der Waals surface area (Å²) < 4.78 is 11.2. The highest BCUT2D eigenvalue weighted by Gasteiger charge is 2.21. The van der Waals surface area contributed by atoms with Gasteiger partial charge in [0.25, 0.3) is 5.91 Å². The van der Waals surface area contributed by atoms with Gasteiger partial charge < -0.3 is 20.1 Å². The van der Waals surface area contributed by atoms with Gasteiger partial charge in [-0.25, -0.2) is 4.98 Å². The summed E-state index contributed by atoms with van der Waals surface area (Å²) in [6, 6.07) is 13.2. The summed E-state index contributed by atoms with van der Waals surface area (Å²) in [5, 5.41) is 13.3. The zero-order chi connectivity index (χ0) is 19.9. The first-order valence-corrected chi connectivity index (χ1v) is 9.60. The van der Waals surface area contributed by atoms with Crippen molar-refractivity contribution < 1.29 is 14.3 Å². The number of aromatic amines is 1. The number of para-hydroxylation sites is 1. The van der Waals surface area contributed by atoms with Crippen LogP contribution in [0, 0.1) is 0 Å². The first-order chi connectivity index (χ1) is 14.3. The highest BCUT2D eigenvalue weighted by molar-refractivity contribution is 5.94. The van der Waals surface area contributed by atoms with E-state index in [4.69, 9.17) is 9.47 Å². The van der Waals surface area contributed by atoms with Crippen LogP contribution in [0.5, 0.6) is 11.6 Å². The Morgan fingerprint density at radius 3 is 2.73 bits per heavy atom. The van der Waals surface area contributed by atoms with Crippen molar-refractivity contribution in [3.05, 3.63) is 71.2 Å². The molecule has 3 heterocycles. The number of rotatable bonds is 8. The van der Waals surface area contributed by atoms with Gasteiger partial charge in [0, 0.05) is 49.6 Å². The van der Waals surface area contributed by atoms with Crippen LogP contribution in [-0.2, 0) is 19.5 Å². The molecule has 8 nitrogen and oxygen atoms in total. The van der Waals surface area contributed by atoms with E-state index in [0.29, 0.717) is 37.9 Å². The number of nitrogens with zero attached hydrogens (tertiary/aromatic N) is 2. The standard InChI is InChI=1S/C21H23N5O3.ClH/c27-21(20-17-14-22-9-8-18(17)25-26-20)24-13-15-6-7-19(23-12-15)29-11-10-28-16-4-2-1-3-5-16;/h1-7,12,22H,8-11,13-14H2,(H,24,27)(H,25,26);1H. The molecule has 0 saturated carbocycles. The number of fused-ring (bicyclic) bond motifs is 1. The fourth-order valence-electron chi connectivity index (χ4n) is 3.10. The van der Waals surface area contributed by atoms with E-state index in [-0.39, 0.29) is 18.3 Å². The predicted octanol–water partition coefficient (Wildman–Crippen LogP) is 2.26. The molecule has 0 bridgehead atoms. The lowest BCUT2D eigenvalue weighted by Crippen LogP contribution is -2.28. The number of H-pyrrole nitrogens is 1. The SMILES string of the molecule is Cl.O=C(NCc1ccc(OCCOc2ccccc2)nc1)c1n[nH]c2c1CNCC2. The molecule has 0 radical (unpaired) electrons. The van der Waals surface area contributed by atoms with Gasteiger partial charge in [0.15, 0.2) is 5.69 Å². The van der Waals surface area contributed by atoms with Crippen molar-refractivity contribution in [2.24, 2.45) is 0 Å². The number of halogens is 1. The number of carbonyl (C=O) groups excluding carboxylic acids is 1. The number of pyridine rings is 1. The van der Waals surface area contributed by atoms with Gasteiger partial charge >= 0.3 is 0 Å². The quantitative estimate of drug-likeness (QED) is 0.475. The minimum atomic E-state index is -0.190. The van der Waals surface area contributed by atoms with Crippen molar-refractivity contribution in [1.82, 2.24) is 25.8 Å². The summed E-state index contributed by atoms with van der Waals surface area (Å²) in [4.78, 5) is 16.7. The molecule has 3 aromatic rings. The van der Waals surface area contributed by atoms with E-state index < -0.39 is 0 Å². The molecular weight excluding hydrogens is 406 g/mol. The minimum Gasteiger partial charge on any atom is -0.490 e. The summed E-state index contributed by atoms with van der Waals surface area (Å²) in [6.07, 6.45) is 2.55. The monoisotopic (exact) mass is 429 g/mol. The van der Waals surface area contributed by atoms with E-state index in [0.717, 1.165) is 35.5 Å². The van der Waals surface area contributed by atoms with Crippen molar-refractivity contribution in [3.8, 4) is 11.6 Å². The third kappa shape index (κ3) is 5.49. The molecule has 4 rings (SSSR count). The molecule has 0 unspecified atom stereocenters. The maximum Gasteiger partial charge on any atom is 0.272 e. The van der Waals surface area contributed by atoms with Gasteiger partial charge in [0.2, 0.25) is 5.88 Å². The molecule has 1 aromatic carbocycles. The number of ether oxygens (including phenoxy) is 2. The second-order valence-electron chi connectivity index (χ2n) is 6.65. The Hall–Kier alpha value is -3.10. The molecule has 0 spiro atoms. The van der Waals surface area contributed by atoms with Gasteiger partial charge in [-0.3, -0.25) is 9.89 Å². The summed E-state index contributed by atoms with van der Waals surface area (Å²) in [5.41, 5.74) is 3.33. The fraction of sp³-hybridized carbons (Fsp3) is 0.286. The van der Waals surface area contributed by atoms with Crippen LogP contribution in [0.25, 0.3) is 0 Å². The molecule has 30 heavy (non-hydrogen) atoms. The average molecular weight is 430 g/mol. The van der Waals surface area contributed by atoms with Crippen LogP contribution in [0.2, 0.25) is 0 Å². The predicted molar refractivity (Wildman–Crippen MR) is 114 cm³/mol. The Morgan fingerprint density at radius 2 is 1.93 bits per heavy atom. The smallest absolute Gasteiger partial charge is 0.272 e. The number of amides is 1. The molecule has 0 aliphatic carbocycles. The van der Waals surface area contributed by atoms with E-state index in [1.54, 1.807) is 12.3 Å². The highest BCUT2D eigenvalue weighted by atomic mass is 35.5. The van der Waals surface area contributed by atoms with Gasteiger partial charge in [-0.2, -0.15) is 5.10 Å². The summed E-state index contributed by atoms with van der Waals surface area (Å²) in [6.45, 7) is 2.77. The zero-order valence-electron chi connectivity index (χ0n) is 16.4. The summed E-state index contributed by atoms with van der Waals surface area (Å²) >= 11 is 0. The van der Waals surface area contributed by atoms with Crippen LogP contribution in [0.3, 0.4) is 0 Å². The fourth-order valence-corrected chi connectivity index (χ4v) is 3.10. The van der Waals surface area contributed by atoms with Gasteiger partial charge in [0.1, 0.15) is 19.0 Å². The number of aromatic nitrogens is 3. The minimum absolute atomic E-state index is 0. The molecule has 0 fully saturated rings. The van der Waals surface area contributed by atoms with Crippen LogP contribution in [0.4, 0.5) is 0 Å². The maximum atomic E-state index is 12.4. The van der Waals surface area contributed by atoms with Gasteiger partial charge in [-0.15, -0.1) is 12.4 Å². The maximum absolute atomic E-state index is 12.4. The van der Waals surface area contributed by atoms with E-state index in [1.807, 2.05) is 36.4 Å². The van der Waals surface area contributed by atoms with Crippen LogP contribution in [0.15, 0.2) is 48.7 Å². The van der Waals surface area contributed by atoms with Crippen molar-refractivity contribution in [2.75, 3.05) is 19.8 Å². The lowest BCUT2D eigenvalue weighted by atomic mass is 10.1. The van der Waals surface area contributed by atoms with Crippen molar-refractivity contribution >= 4 is 18.3 Å². The number of hydrogen-bond donors (Lipinski definition) is 3. The molecule has 0 atom stereocenters. The first-order valence-electron chi connectivity index (χ1n) is 9.60. The van der Waals surface area contributed by atoms with Gasteiger partial charge in [0.05, 0.1) is 0 Å². The lowest BCUT2D eigenvalue weighted by Gasteiger charge is -2.13. The number of hydrogen-bond acceptors (Lipinski definition) is 6. The van der Waals surface area contributed by atoms with E-state index in [1.165, 1.54) is 0 Å². The molecular formula is C21H24ClN5O3. The van der Waals surface area contributed by atoms with Crippen molar-refractivity contribution in [2.45, 2.75) is 19.5 Å². The summed E-state index contributed by atoms with van der Waals surface area (Å²) in [5.74, 6) is 1.14. The third-order valence-corrected chi connectivity index (χ3v) is 4.62. The molecule has 2 aromatic heterocycles. The number of benzene rings is 1. The normalized spacial score (nSPS) is 12.4. The van der Waals surface area contributed by atoms with Crippen molar-refractivity contribution in [3.63, 3.8) is 0 Å². The van der Waals surface area contributed by atoms with E-state index in [9.17, 15) is 4.79 Å². The molecule has 9 heteroatoms.